The van der Waals surface area contributed by atoms with Gasteiger partial charge in [0, 0.05) is 12.5 Å². The molecule has 1 aromatic carbocycles. The molecule has 0 bridgehead atoms. The molecule has 0 amide bonds. The van der Waals surface area contributed by atoms with E-state index in [9.17, 15) is 5.11 Å². The zero-order valence-corrected chi connectivity index (χ0v) is 10.2. The van der Waals surface area contributed by atoms with Gasteiger partial charge in [-0.05, 0) is 43.5 Å². The molecule has 0 radical (unpaired) electrons. The molecular weight excluding hydrogens is 212 g/mol. The van der Waals surface area contributed by atoms with E-state index in [0.29, 0.717) is 12.5 Å². The van der Waals surface area contributed by atoms with Gasteiger partial charge in [-0.2, -0.15) is 0 Å². The van der Waals surface area contributed by atoms with Crippen LogP contribution >= 0.6 is 0 Å². The lowest BCUT2D eigenvalue weighted by atomic mass is 9.89. The van der Waals surface area contributed by atoms with E-state index in [-0.39, 0.29) is 6.10 Å². The second-order valence-corrected chi connectivity index (χ2v) is 4.83. The summed E-state index contributed by atoms with van der Waals surface area (Å²) in [5, 5.41) is 13.7. The van der Waals surface area contributed by atoms with Gasteiger partial charge in [0.2, 0.25) is 0 Å². The lowest BCUT2D eigenvalue weighted by molar-refractivity contribution is 0.0921. The number of aliphatic hydroxyl groups is 1. The lowest BCUT2D eigenvalue weighted by Crippen LogP contribution is -2.33. The van der Waals surface area contributed by atoms with Crippen LogP contribution in [0.25, 0.3) is 0 Å². The van der Waals surface area contributed by atoms with Crippen molar-refractivity contribution in [1.82, 2.24) is 5.32 Å². The van der Waals surface area contributed by atoms with Gasteiger partial charge in [-0.3, -0.25) is 0 Å². The van der Waals surface area contributed by atoms with E-state index in [0.717, 1.165) is 37.9 Å². The molecule has 17 heavy (non-hydrogen) atoms. The Morgan fingerprint density at radius 1 is 1.47 bits per heavy atom. The fourth-order valence-corrected chi connectivity index (χ4v) is 2.52. The summed E-state index contributed by atoms with van der Waals surface area (Å²) in [4.78, 5) is 0. The minimum Gasteiger partial charge on any atom is -0.388 e. The average molecular weight is 234 g/mol. The van der Waals surface area contributed by atoms with Gasteiger partial charge < -0.3 is 16.2 Å². The van der Waals surface area contributed by atoms with Crippen LogP contribution < -0.4 is 11.1 Å². The smallest absolute Gasteiger partial charge is 0.0830 e. The van der Waals surface area contributed by atoms with Crippen molar-refractivity contribution in [3.8, 4) is 0 Å². The number of nitrogens with one attached hydrogen (secondary N) is 1. The van der Waals surface area contributed by atoms with Crippen LogP contribution in [0.3, 0.4) is 0 Å². The topological polar surface area (TPSA) is 58.3 Å². The molecule has 0 aromatic heterocycles. The zero-order chi connectivity index (χ0) is 12.1. The largest absolute Gasteiger partial charge is 0.388 e. The van der Waals surface area contributed by atoms with Crippen LogP contribution in [-0.4, -0.2) is 24.7 Å². The van der Waals surface area contributed by atoms with Crippen LogP contribution in [0.15, 0.2) is 24.3 Å². The monoisotopic (exact) mass is 234 g/mol. The number of rotatable bonds is 4. The fourth-order valence-electron chi connectivity index (χ4n) is 2.52. The first kappa shape index (κ1) is 12.6. The molecule has 1 saturated heterocycles. The Labute approximate surface area is 103 Å². The zero-order valence-electron chi connectivity index (χ0n) is 10.2. The molecule has 0 aliphatic carbocycles. The third-order valence-electron chi connectivity index (χ3n) is 3.51. The standard InChI is InChI=1S/C14H22N2O/c15-7-6-11-3-1-4-12(9-11)14(17)13-5-2-8-16-10-13/h1,3-4,9,13-14,16-17H,2,5-8,10,15H2. The van der Waals surface area contributed by atoms with Crippen molar-refractivity contribution in [2.45, 2.75) is 25.4 Å². The summed E-state index contributed by atoms with van der Waals surface area (Å²) in [7, 11) is 0. The molecule has 1 heterocycles. The summed E-state index contributed by atoms with van der Waals surface area (Å²) in [5.41, 5.74) is 7.80. The molecule has 4 N–H and O–H groups in total. The third kappa shape index (κ3) is 3.28. The van der Waals surface area contributed by atoms with Gasteiger partial charge in [-0.15, -0.1) is 0 Å². The van der Waals surface area contributed by atoms with Crippen molar-refractivity contribution in [1.29, 1.82) is 0 Å². The highest BCUT2D eigenvalue weighted by Gasteiger charge is 2.22. The first-order valence-corrected chi connectivity index (χ1v) is 6.49. The minimum atomic E-state index is -0.347. The number of nitrogens with two attached hydrogens (primary N) is 1. The second-order valence-electron chi connectivity index (χ2n) is 4.83. The summed E-state index contributed by atoms with van der Waals surface area (Å²) in [5.74, 6) is 0.344. The SMILES string of the molecule is NCCc1cccc(C(O)C2CCCNC2)c1. The van der Waals surface area contributed by atoms with E-state index in [4.69, 9.17) is 5.73 Å². The molecule has 2 atom stereocenters. The van der Waals surface area contributed by atoms with Crippen molar-refractivity contribution in [3.05, 3.63) is 35.4 Å². The Bertz CT molecular complexity index is 348. The first-order valence-electron chi connectivity index (χ1n) is 6.49. The highest BCUT2D eigenvalue weighted by Crippen LogP contribution is 2.27. The quantitative estimate of drug-likeness (QED) is 0.734. The van der Waals surface area contributed by atoms with Gasteiger partial charge in [-0.25, -0.2) is 0 Å². The Balaban J connectivity index is 2.06. The van der Waals surface area contributed by atoms with E-state index >= 15 is 0 Å². The molecule has 94 valence electrons. The van der Waals surface area contributed by atoms with Crippen LogP contribution in [0.5, 0.6) is 0 Å². The van der Waals surface area contributed by atoms with Gasteiger partial charge >= 0.3 is 0 Å². The maximum absolute atomic E-state index is 10.4. The normalized spacial score (nSPS) is 22.4. The highest BCUT2D eigenvalue weighted by atomic mass is 16.3. The minimum absolute atomic E-state index is 0.344. The molecule has 1 fully saturated rings. The van der Waals surface area contributed by atoms with Crippen molar-refractivity contribution in [2.24, 2.45) is 11.7 Å². The van der Waals surface area contributed by atoms with Gasteiger partial charge in [0.25, 0.3) is 0 Å². The predicted octanol–water partition coefficient (Wildman–Crippen LogP) is 1.22. The second kappa shape index (κ2) is 6.15. The van der Waals surface area contributed by atoms with E-state index in [1.165, 1.54) is 5.56 Å². The van der Waals surface area contributed by atoms with Crippen LogP contribution in [0.1, 0.15) is 30.1 Å². The van der Waals surface area contributed by atoms with Crippen molar-refractivity contribution >= 4 is 0 Å². The van der Waals surface area contributed by atoms with E-state index < -0.39 is 0 Å². The fraction of sp³-hybridized carbons (Fsp3) is 0.571. The van der Waals surface area contributed by atoms with Gasteiger partial charge in [-0.1, -0.05) is 24.3 Å². The first-order chi connectivity index (χ1) is 8.31. The number of aliphatic hydroxyl groups excluding tert-OH is 1. The van der Waals surface area contributed by atoms with Crippen LogP contribution in [0.2, 0.25) is 0 Å². The Kier molecular flexibility index (Phi) is 4.54. The third-order valence-corrected chi connectivity index (χ3v) is 3.51. The molecular formula is C14H22N2O. The molecule has 1 aliphatic heterocycles. The Morgan fingerprint density at radius 3 is 3.06 bits per heavy atom. The molecule has 1 aromatic rings. The van der Waals surface area contributed by atoms with Crippen LogP contribution in [0.4, 0.5) is 0 Å². The summed E-state index contributed by atoms with van der Waals surface area (Å²) < 4.78 is 0. The number of hydrogen-bond donors (Lipinski definition) is 3. The molecule has 2 rings (SSSR count). The highest BCUT2D eigenvalue weighted by molar-refractivity contribution is 5.26. The van der Waals surface area contributed by atoms with Crippen molar-refractivity contribution in [3.63, 3.8) is 0 Å². The van der Waals surface area contributed by atoms with Crippen molar-refractivity contribution in [2.75, 3.05) is 19.6 Å². The Hall–Kier alpha value is -0.900. The van der Waals surface area contributed by atoms with E-state index in [2.05, 4.69) is 17.4 Å². The molecule has 0 spiro atoms. The summed E-state index contributed by atoms with van der Waals surface area (Å²) in [6, 6.07) is 8.19. The lowest BCUT2D eigenvalue weighted by Gasteiger charge is -2.27. The van der Waals surface area contributed by atoms with Gasteiger partial charge in [0.15, 0.2) is 0 Å². The number of piperidine rings is 1. The predicted molar refractivity (Wildman–Crippen MR) is 69.8 cm³/mol. The molecule has 3 nitrogen and oxygen atoms in total. The number of hydrogen-bond acceptors (Lipinski definition) is 3. The van der Waals surface area contributed by atoms with Gasteiger partial charge in [0.1, 0.15) is 0 Å². The molecule has 0 saturated carbocycles. The summed E-state index contributed by atoms with van der Waals surface area (Å²) >= 11 is 0. The maximum atomic E-state index is 10.4. The summed E-state index contributed by atoms with van der Waals surface area (Å²) in [6.45, 7) is 2.66. The Morgan fingerprint density at radius 2 is 2.35 bits per heavy atom. The average Bonchev–Trinajstić information content (AvgIpc) is 2.40. The molecule has 2 unspecified atom stereocenters. The van der Waals surface area contributed by atoms with Gasteiger partial charge in [0.05, 0.1) is 6.10 Å². The maximum Gasteiger partial charge on any atom is 0.0830 e. The van der Waals surface area contributed by atoms with E-state index in [1.807, 2.05) is 12.1 Å². The summed E-state index contributed by atoms with van der Waals surface area (Å²) in [6.07, 6.45) is 2.80. The van der Waals surface area contributed by atoms with E-state index in [1.54, 1.807) is 0 Å². The van der Waals surface area contributed by atoms with Crippen LogP contribution in [-0.2, 0) is 6.42 Å². The van der Waals surface area contributed by atoms with Crippen molar-refractivity contribution < 1.29 is 5.11 Å². The molecule has 1 aliphatic rings. The van der Waals surface area contributed by atoms with Crippen LogP contribution in [0, 0.1) is 5.92 Å². The molecule has 3 heteroatoms. The number of benzene rings is 1.